The van der Waals surface area contributed by atoms with E-state index in [0.29, 0.717) is 22.9 Å². The minimum Gasteiger partial charge on any atom is -0.308 e. The predicted octanol–water partition coefficient (Wildman–Crippen LogP) is 4.16. The van der Waals surface area contributed by atoms with Gasteiger partial charge in [0.25, 0.3) is 5.56 Å². The second kappa shape index (κ2) is 8.70. The summed E-state index contributed by atoms with van der Waals surface area (Å²) >= 11 is 1.35. The number of nitrogens with zero attached hydrogens (tertiary/aromatic N) is 5. The molecule has 1 atom stereocenters. The molecule has 0 saturated heterocycles. The summed E-state index contributed by atoms with van der Waals surface area (Å²) in [4.78, 5) is 28.5. The molecule has 1 aliphatic rings. The van der Waals surface area contributed by atoms with E-state index in [1.807, 2.05) is 82.1 Å². The lowest BCUT2D eigenvalue weighted by Gasteiger charge is -2.22. The third kappa shape index (κ3) is 3.70. The van der Waals surface area contributed by atoms with Gasteiger partial charge >= 0.3 is 0 Å². The van der Waals surface area contributed by atoms with Crippen LogP contribution in [0.25, 0.3) is 16.7 Å². The minimum absolute atomic E-state index is 0.0334. The van der Waals surface area contributed by atoms with E-state index in [-0.39, 0.29) is 23.3 Å². The molecule has 5 aromatic rings. The van der Waals surface area contributed by atoms with Crippen LogP contribution in [-0.4, -0.2) is 36.9 Å². The quantitative estimate of drug-likeness (QED) is 0.353. The van der Waals surface area contributed by atoms with Crippen molar-refractivity contribution in [2.75, 3.05) is 10.7 Å². The van der Waals surface area contributed by atoms with Crippen molar-refractivity contribution in [1.82, 2.24) is 19.2 Å². The van der Waals surface area contributed by atoms with Crippen molar-refractivity contribution in [3.63, 3.8) is 0 Å². The van der Waals surface area contributed by atoms with Crippen LogP contribution in [0.15, 0.2) is 88.8 Å². The maximum Gasteiger partial charge on any atom is 0.263 e. The Morgan fingerprint density at radius 2 is 1.71 bits per heavy atom. The van der Waals surface area contributed by atoms with Gasteiger partial charge in [-0.2, -0.15) is 0 Å². The summed E-state index contributed by atoms with van der Waals surface area (Å²) in [6.07, 6.45) is 0.858. The van der Waals surface area contributed by atoms with Gasteiger partial charge in [0.2, 0.25) is 11.7 Å². The molecular formula is C27H23N5O2S. The number of para-hydroxylation sites is 2. The first-order valence-electron chi connectivity index (χ1n) is 11.5. The summed E-state index contributed by atoms with van der Waals surface area (Å²) < 4.78 is 3.54. The van der Waals surface area contributed by atoms with E-state index >= 15 is 0 Å². The lowest BCUT2D eigenvalue weighted by atomic mass is 10.1. The van der Waals surface area contributed by atoms with Gasteiger partial charge in [0.15, 0.2) is 5.16 Å². The van der Waals surface area contributed by atoms with Gasteiger partial charge in [-0.05, 0) is 42.7 Å². The maximum atomic E-state index is 13.4. The highest BCUT2D eigenvalue weighted by atomic mass is 32.2. The standard InChI is InChI=1S/C27H23N5O2S/c1-18-15-20-11-5-7-13-22(20)31(18)24(33)17-35-27-29-28-26-30(16-19-9-3-2-4-10-19)25(34)21-12-6-8-14-23(21)32(26)27/h2-14,18H,15-17H2,1H3. The second-order valence-electron chi connectivity index (χ2n) is 8.75. The Hall–Kier alpha value is -3.91. The molecule has 0 saturated carbocycles. The monoisotopic (exact) mass is 481 g/mol. The molecule has 0 fully saturated rings. The van der Waals surface area contributed by atoms with Crippen LogP contribution < -0.4 is 10.5 Å². The van der Waals surface area contributed by atoms with Crippen LogP contribution in [0.2, 0.25) is 0 Å². The topological polar surface area (TPSA) is 72.5 Å². The highest BCUT2D eigenvalue weighted by molar-refractivity contribution is 7.99. The number of carbonyl (C=O) groups excluding carboxylic acids is 1. The lowest BCUT2D eigenvalue weighted by Crippen LogP contribution is -2.37. The van der Waals surface area contributed by atoms with E-state index in [1.165, 1.54) is 17.3 Å². The molecule has 174 valence electrons. The Morgan fingerprint density at radius 3 is 2.57 bits per heavy atom. The first-order chi connectivity index (χ1) is 17.1. The molecule has 8 heteroatoms. The van der Waals surface area contributed by atoms with Gasteiger partial charge in [-0.1, -0.05) is 72.4 Å². The summed E-state index contributed by atoms with van der Waals surface area (Å²) in [7, 11) is 0. The number of anilines is 1. The Labute approximate surface area is 206 Å². The fraction of sp³-hybridized carbons (Fsp3) is 0.185. The van der Waals surface area contributed by atoms with Crippen molar-refractivity contribution in [3.8, 4) is 0 Å². The molecule has 0 N–H and O–H groups in total. The maximum absolute atomic E-state index is 13.4. The molecule has 0 aliphatic carbocycles. The van der Waals surface area contributed by atoms with Crippen molar-refractivity contribution in [2.24, 2.45) is 0 Å². The average Bonchev–Trinajstić information content (AvgIpc) is 3.46. The minimum atomic E-state index is -0.112. The molecule has 3 heterocycles. The SMILES string of the molecule is CC1Cc2ccccc2N1C(=O)CSc1nnc2n(Cc3ccccc3)c(=O)c3ccccc3n12. The van der Waals surface area contributed by atoms with Gasteiger partial charge in [-0.25, -0.2) is 0 Å². The molecule has 7 nitrogen and oxygen atoms in total. The summed E-state index contributed by atoms with van der Waals surface area (Å²) in [5, 5.41) is 9.96. The van der Waals surface area contributed by atoms with Crippen LogP contribution in [-0.2, 0) is 17.8 Å². The highest BCUT2D eigenvalue weighted by Crippen LogP contribution is 2.33. The second-order valence-corrected chi connectivity index (χ2v) is 9.69. The number of thioether (sulfide) groups is 1. The lowest BCUT2D eigenvalue weighted by molar-refractivity contribution is -0.116. The van der Waals surface area contributed by atoms with E-state index in [2.05, 4.69) is 23.2 Å². The van der Waals surface area contributed by atoms with E-state index in [9.17, 15) is 9.59 Å². The molecule has 0 bridgehead atoms. The number of carbonyl (C=O) groups is 1. The number of fused-ring (bicyclic) bond motifs is 4. The first kappa shape index (κ1) is 21.6. The van der Waals surface area contributed by atoms with Gasteiger partial charge in [-0.3, -0.25) is 18.6 Å². The van der Waals surface area contributed by atoms with Gasteiger partial charge in [0, 0.05) is 11.7 Å². The third-order valence-corrected chi connectivity index (χ3v) is 7.38. The molecule has 1 amide bonds. The molecule has 0 radical (unpaired) electrons. The summed E-state index contributed by atoms with van der Waals surface area (Å²) in [5.41, 5.74) is 3.80. The van der Waals surface area contributed by atoms with E-state index < -0.39 is 0 Å². The molecule has 35 heavy (non-hydrogen) atoms. The average molecular weight is 482 g/mol. The fourth-order valence-corrected chi connectivity index (χ4v) is 5.68. The van der Waals surface area contributed by atoms with Gasteiger partial charge in [0.1, 0.15) is 0 Å². The zero-order chi connectivity index (χ0) is 23.9. The molecule has 6 rings (SSSR count). The molecular weight excluding hydrogens is 458 g/mol. The number of rotatable bonds is 5. The van der Waals surface area contributed by atoms with Crippen LogP contribution in [0.5, 0.6) is 0 Å². The third-order valence-electron chi connectivity index (χ3n) is 6.46. The van der Waals surface area contributed by atoms with Crippen molar-refractivity contribution < 1.29 is 4.79 Å². The zero-order valence-corrected chi connectivity index (χ0v) is 20.0. The number of amides is 1. The van der Waals surface area contributed by atoms with Crippen molar-refractivity contribution in [3.05, 3.63) is 100 Å². The van der Waals surface area contributed by atoms with E-state index in [4.69, 9.17) is 0 Å². The molecule has 2 aromatic heterocycles. The Balaban J connectivity index is 1.38. The van der Waals surface area contributed by atoms with Gasteiger partial charge in [-0.15, -0.1) is 10.2 Å². The van der Waals surface area contributed by atoms with Crippen LogP contribution >= 0.6 is 11.8 Å². The van der Waals surface area contributed by atoms with Crippen molar-refractivity contribution in [2.45, 2.75) is 31.1 Å². The number of hydrogen-bond acceptors (Lipinski definition) is 5. The number of benzene rings is 3. The Bertz CT molecular complexity index is 1630. The van der Waals surface area contributed by atoms with Crippen LogP contribution in [0.3, 0.4) is 0 Å². The van der Waals surface area contributed by atoms with Crippen LogP contribution in [0, 0.1) is 0 Å². The molecule has 0 spiro atoms. The Kier molecular flexibility index (Phi) is 5.37. The van der Waals surface area contributed by atoms with Gasteiger partial charge < -0.3 is 4.90 Å². The van der Waals surface area contributed by atoms with E-state index in [1.54, 1.807) is 4.57 Å². The van der Waals surface area contributed by atoms with Crippen molar-refractivity contribution in [1.29, 1.82) is 0 Å². The van der Waals surface area contributed by atoms with Crippen LogP contribution in [0.4, 0.5) is 5.69 Å². The van der Waals surface area contributed by atoms with Crippen LogP contribution in [0.1, 0.15) is 18.1 Å². The largest absolute Gasteiger partial charge is 0.308 e. The number of aromatic nitrogens is 4. The number of hydrogen-bond donors (Lipinski definition) is 0. The zero-order valence-electron chi connectivity index (χ0n) is 19.2. The van der Waals surface area contributed by atoms with E-state index in [0.717, 1.165) is 23.2 Å². The summed E-state index contributed by atoms with van der Waals surface area (Å²) in [6.45, 7) is 2.46. The highest BCUT2D eigenvalue weighted by Gasteiger charge is 2.30. The molecule has 1 aliphatic heterocycles. The Morgan fingerprint density at radius 1 is 0.971 bits per heavy atom. The predicted molar refractivity (Wildman–Crippen MR) is 138 cm³/mol. The van der Waals surface area contributed by atoms with Crippen molar-refractivity contribution >= 4 is 40.0 Å². The first-order valence-corrected chi connectivity index (χ1v) is 12.5. The molecule has 1 unspecified atom stereocenters. The molecule has 3 aromatic carbocycles. The summed E-state index contributed by atoms with van der Waals surface area (Å²) in [6, 6.07) is 25.5. The smallest absolute Gasteiger partial charge is 0.263 e. The van der Waals surface area contributed by atoms with Gasteiger partial charge in [0.05, 0.1) is 23.2 Å². The summed E-state index contributed by atoms with van der Waals surface area (Å²) in [5.74, 6) is 0.726. The normalized spacial score (nSPS) is 15.1. The fourth-order valence-electron chi connectivity index (χ4n) is 4.88.